The van der Waals surface area contributed by atoms with Gasteiger partial charge in [-0.05, 0) is 18.6 Å². The molecule has 0 amide bonds. The van der Waals surface area contributed by atoms with Crippen molar-refractivity contribution >= 4 is 5.69 Å². The van der Waals surface area contributed by atoms with Crippen LogP contribution < -0.4 is 0 Å². The topological polar surface area (TPSA) is 89.0 Å². The lowest BCUT2D eigenvalue weighted by Gasteiger charge is -2.36. The predicted molar refractivity (Wildman–Crippen MR) is 86.4 cm³/mol. The van der Waals surface area contributed by atoms with E-state index in [0.717, 1.165) is 0 Å². The molecule has 1 aliphatic heterocycles. The Balaban J connectivity index is 1.72. The molecule has 7 nitrogen and oxygen atoms in total. The minimum absolute atomic E-state index is 0.0290. The van der Waals surface area contributed by atoms with Crippen LogP contribution in [0.2, 0.25) is 0 Å². The van der Waals surface area contributed by atoms with E-state index >= 15 is 0 Å². The van der Waals surface area contributed by atoms with E-state index in [1.807, 2.05) is 0 Å². The lowest BCUT2D eigenvalue weighted by Crippen LogP contribution is -2.45. The summed E-state index contributed by atoms with van der Waals surface area (Å²) >= 11 is 0. The molecule has 0 aliphatic carbocycles. The van der Waals surface area contributed by atoms with Crippen molar-refractivity contribution in [1.29, 1.82) is 0 Å². The van der Waals surface area contributed by atoms with E-state index in [9.17, 15) is 15.2 Å². The van der Waals surface area contributed by atoms with Crippen LogP contribution in [0.4, 0.5) is 5.69 Å². The average Bonchev–Trinajstić information content (AvgIpc) is 3.11. The second kappa shape index (κ2) is 7.57. The molecule has 1 N–H and O–H groups in total. The molecule has 2 atom stereocenters. The van der Waals surface area contributed by atoms with Crippen molar-refractivity contribution in [2.24, 2.45) is 0 Å². The Morgan fingerprint density at radius 3 is 2.92 bits per heavy atom. The van der Waals surface area contributed by atoms with E-state index in [2.05, 4.69) is 4.90 Å². The maximum Gasteiger partial charge on any atom is 0.273 e. The number of nitrogens with zero attached hydrogens (tertiary/aromatic N) is 2. The van der Waals surface area contributed by atoms with E-state index < -0.39 is 6.10 Å². The second-order valence-electron chi connectivity index (χ2n) is 5.85. The summed E-state index contributed by atoms with van der Waals surface area (Å²) in [7, 11) is 0. The van der Waals surface area contributed by atoms with Crippen LogP contribution in [-0.2, 0) is 11.3 Å². The maximum atomic E-state index is 11.2. The molecule has 0 radical (unpaired) electrons. The molecule has 128 valence electrons. The number of rotatable bonds is 6. The number of ether oxygens (including phenoxy) is 1. The van der Waals surface area contributed by atoms with Gasteiger partial charge in [-0.25, -0.2) is 0 Å². The monoisotopic (exact) mass is 332 g/mol. The first-order valence-electron chi connectivity index (χ1n) is 7.90. The summed E-state index contributed by atoms with van der Waals surface area (Å²) in [6.07, 6.45) is 1.26. The number of furan rings is 1. The van der Waals surface area contributed by atoms with Crippen molar-refractivity contribution in [1.82, 2.24) is 4.90 Å². The van der Waals surface area contributed by atoms with Crippen LogP contribution in [0.5, 0.6) is 0 Å². The Hall–Kier alpha value is -2.22. The van der Waals surface area contributed by atoms with Crippen molar-refractivity contribution < 1.29 is 19.2 Å². The van der Waals surface area contributed by atoms with Crippen molar-refractivity contribution in [2.45, 2.75) is 25.1 Å². The smallest absolute Gasteiger partial charge is 0.273 e. The SMILES string of the molecule is O=[N+]([O-])c1ccccc1CN1CCOCC1CC(O)c1ccco1. The first kappa shape index (κ1) is 16.6. The molecule has 7 heteroatoms. The molecular weight excluding hydrogens is 312 g/mol. The van der Waals surface area contributed by atoms with E-state index in [0.29, 0.717) is 44.0 Å². The molecule has 0 spiro atoms. The highest BCUT2D eigenvalue weighted by molar-refractivity contribution is 5.39. The maximum absolute atomic E-state index is 11.2. The molecule has 1 saturated heterocycles. The van der Waals surface area contributed by atoms with E-state index in [1.54, 1.807) is 30.3 Å². The largest absolute Gasteiger partial charge is 0.467 e. The minimum Gasteiger partial charge on any atom is -0.467 e. The summed E-state index contributed by atoms with van der Waals surface area (Å²) in [4.78, 5) is 13.0. The van der Waals surface area contributed by atoms with Crippen molar-refractivity contribution in [3.05, 3.63) is 64.1 Å². The van der Waals surface area contributed by atoms with Gasteiger partial charge in [0.2, 0.25) is 0 Å². The van der Waals surface area contributed by atoms with Crippen LogP contribution in [0.15, 0.2) is 47.1 Å². The van der Waals surface area contributed by atoms with Crippen LogP contribution in [0.1, 0.15) is 23.8 Å². The zero-order valence-electron chi connectivity index (χ0n) is 13.2. The van der Waals surface area contributed by atoms with Crippen LogP contribution in [-0.4, -0.2) is 40.7 Å². The number of hydrogen-bond acceptors (Lipinski definition) is 6. The highest BCUT2D eigenvalue weighted by atomic mass is 16.6. The number of morpholine rings is 1. The van der Waals surface area contributed by atoms with Gasteiger partial charge in [-0.3, -0.25) is 15.0 Å². The van der Waals surface area contributed by atoms with E-state index in [1.165, 1.54) is 12.3 Å². The first-order chi connectivity index (χ1) is 11.6. The van der Waals surface area contributed by atoms with Crippen LogP contribution in [0.3, 0.4) is 0 Å². The number of nitro benzene ring substituents is 1. The summed E-state index contributed by atoms with van der Waals surface area (Å²) in [5.41, 5.74) is 0.788. The molecule has 2 aromatic rings. The standard InChI is InChI=1S/C17H20N2O5/c20-16(17-6-3-8-24-17)10-14-12-23-9-7-18(14)11-13-4-1-2-5-15(13)19(21)22/h1-6,8,14,16,20H,7,9-12H2. The number of aliphatic hydroxyl groups excluding tert-OH is 1. The zero-order valence-corrected chi connectivity index (χ0v) is 13.2. The van der Waals surface area contributed by atoms with Gasteiger partial charge in [0.25, 0.3) is 5.69 Å². The van der Waals surface area contributed by atoms with Crippen molar-refractivity contribution in [3.63, 3.8) is 0 Å². The molecule has 0 saturated carbocycles. The van der Waals surface area contributed by atoms with Gasteiger partial charge in [0, 0.05) is 30.8 Å². The quantitative estimate of drug-likeness (QED) is 0.646. The van der Waals surface area contributed by atoms with Crippen LogP contribution >= 0.6 is 0 Å². The Morgan fingerprint density at radius 2 is 2.17 bits per heavy atom. The average molecular weight is 332 g/mol. The molecule has 1 aliphatic rings. The summed E-state index contributed by atoms with van der Waals surface area (Å²) in [5.74, 6) is 0.520. The van der Waals surface area contributed by atoms with Gasteiger partial charge in [-0.15, -0.1) is 0 Å². The van der Waals surface area contributed by atoms with Gasteiger partial charge >= 0.3 is 0 Å². The highest BCUT2D eigenvalue weighted by Gasteiger charge is 2.28. The zero-order chi connectivity index (χ0) is 16.9. The fourth-order valence-corrected chi connectivity index (χ4v) is 3.01. The Kier molecular flexibility index (Phi) is 5.24. The fourth-order valence-electron chi connectivity index (χ4n) is 3.01. The molecule has 1 aromatic carbocycles. The van der Waals surface area contributed by atoms with Gasteiger partial charge in [-0.2, -0.15) is 0 Å². The third-order valence-corrected chi connectivity index (χ3v) is 4.28. The lowest BCUT2D eigenvalue weighted by atomic mass is 10.0. The summed E-state index contributed by atoms with van der Waals surface area (Å²) in [5, 5.41) is 21.5. The third-order valence-electron chi connectivity index (χ3n) is 4.28. The summed E-state index contributed by atoms with van der Waals surface area (Å²) < 4.78 is 10.8. The highest BCUT2D eigenvalue weighted by Crippen LogP contribution is 2.26. The van der Waals surface area contributed by atoms with Gasteiger partial charge < -0.3 is 14.3 Å². The number of nitro groups is 1. The fraction of sp³-hybridized carbons (Fsp3) is 0.412. The number of aliphatic hydroxyl groups is 1. The third kappa shape index (κ3) is 3.81. The first-order valence-corrected chi connectivity index (χ1v) is 7.90. The molecular formula is C17H20N2O5. The Labute approximate surface area is 139 Å². The van der Waals surface area contributed by atoms with E-state index in [4.69, 9.17) is 9.15 Å². The van der Waals surface area contributed by atoms with Crippen molar-refractivity contribution in [2.75, 3.05) is 19.8 Å². The van der Waals surface area contributed by atoms with Gasteiger partial charge in [0.05, 0.1) is 24.4 Å². The molecule has 3 rings (SSSR count). The number of benzene rings is 1. The van der Waals surface area contributed by atoms with Crippen molar-refractivity contribution in [3.8, 4) is 0 Å². The number of para-hydroxylation sites is 1. The molecule has 2 unspecified atom stereocenters. The summed E-state index contributed by atoms with van der Waals surface area (Å²) in [6, 6.07) is 10.2. The molecule has 0 bridgehead atoms. The van der Waals surface area contributed by atoms with Gasteiger partial charge in [0.15, 0.2) is 0 Å². The van der Waals surface area contributed by atoms with Crippen LogP contribution in [0.25, 0.3) is 0 Å². The lowest BCUT2D eigenvalue weighted by molar-refractivity contribution is -0.385. The normalized spacial score (nSPS) is 20.0. The van der Waals surface area contributed by atoms with E-state index in [-0.39, 0.29) is 16.7 Å². The number of hydrogen-bond donors (Lipinski definition) is 1. The molecule has 1 fully saturated rings. The molecule has 24 heavy (non-hydrogen) atoms. The summed E-state index contributed by atoms with van der Waals surface area (Å²) in [6.45, 7) is 2.18. The Bertz CT molecular complexity index is 673. The predicted octanol–water partition coefficient (Wildman–Crippen LogP) is 2.51. The molecule has 1 aromatic heterocycles. The second-order valence-corrected chi connectivity index (χ2v) is 5.85. The van der Waals surface area contributed by atoms with Crippen LogP contribution in [0, 0.1) is 10.1 Å². The van der Waals surface area contributed by atoms with Gasteiger partial charge in [0.1, 0.15) is 11.9 Å². The molecule has 2 heterocycles. The van der Waals surface area contributed by atoms with Gasteiger partial charge in [-0.1, -0.05) is 18.2 Å². The Morgan fingerprint density at radius 1 is 1.33 bits per heavy atom. The minimum atomic E-state index is -0.722.